The van der Waals surface area contributed by atoms with Gasteiger partial charge >= 0.3 is 0 Å². The maximum atomic E-state index is 5.32. The molecule has 0 atom stereocenters. The van der Waals surface area contributed by atoms with E-state index in [4.69, 9.17) is 12.2 Å². The van der Waals surface area contributed by atoms with Crippen molar-refractivity contribution < 1.29 is 0 Å². The van der Waals surface area contributed by atoms with E-state index in [0.29, 0.717) is 0 Å². The zero-order chi connectivity index (χ0) is 10.8. The number of hydrogen-bond donors (Lipinski definition) is 1. The first-order valence-electron chi connectivity index (χ1n) is 4.91. The number of fused-ring (bicyclic) bond motifs is 1. The highest BCUT2D eigenvalue weighted by molar-refractivity contribution is 7.98. The SMILES string of the molecule is CSCCn1c(=S)[nH]c2cccc(C)c21. The second kappa shape index (κ2) is 4.41. The summed E-state index contributed by atoms with van der Waals surface area (Å²) in [4.78, 5) is 3.25. The summed E-state index contributed by atoms with van der Waals surface area (Å²) in [6, 6.07) is 6.26. The summed E-state index contributed by atoms with van der Waals surface area (Å²) in [5.41, 5.74) is 3.67. The average Bonchev–Trinajstić information content (AvgIpc) is 2.53. The Morgan fingerprint density at radius 1 is 1.47 bits per heavy atom. The molecular formula is C11H14N2S2. The molecule has 1 aromatic carbocycles. The van der Waals surface area contributed by atoms with E-state index in [1.54, 1.807) is 0 Å². The number of nitrogens with one attached hydrogen (secondary N) is 1. The molecule has 0 aliphatic rings. The summed E-state index contributed by atoms with van der Waals surface area (Å²) < 4.78 is 3.02. The molecule has 0 spiro atoms. The maximum absolute atomic E-state index is 5.32. The molecule has 0 bridgehead atoms. The molecule has 0 fully saturated rings. The minimum absolute atomic E-state index is 0.827. The van der Waals surface area contributed by atoms with Crippen LogP contribution in [0.5, 0.6) is 0 Å². The summed E-state index contributed by atoms with van der Waals surface area (Å²) in [5.74, 6) is 1.09. The van der Waals surface area contributed by atoms with Crippen molar-refractivity contribution in [2.24, 2.45) is 0 Å². The van der Waals surface area contributed by atoms with Crippen molar-refractivity contribution in [1.29, 1.82) is 0 Å². The first-order chi connectivity index (χ1) is 7.24. The van der Waals surface area contributed by atoms with Gasteiger partial charge in [-0.2, -0.15) is 11.8 Å². The van der Waals surface area contributed by atoms with Crippen molar-refractivity contribution in [2.45, 2.75) is 13.5 Å². The lowest BCUT2D eigenvalue weighted by molar-refractivity contribution is 0.782. The maximum Gasteiger partial charge on any atom is 0.178 e. The number of thioether (sulfide) groups is 1. The number of rotatable bonds is 3. The largest absolute Gasteiger partial charge is 0.331 e. The van der Waals surface area contributed by atoms with Gasteiger partial charge in [0.1, 0.15) is 0 Å². The van der Waals surface area contributed by atoms with Crippen LogP contribution in [0.1, 0.15) is 5.56 Å². The zero-order valence-electron chi connectivity index (χ0n) is 8.91. The Bertz CT molecular complexity index is 525. The second-order valence-electron chi connectivity index (χ2n) is 3.55. The number of imidazole rings is 1. The molecule has 2 rings (SSSR count). The van der Waals surface area contributed by atoms with Crippen LogP contribution in [0, 0.1) is 11.7 Å². The summed E-state index contributed by atoms with van der Waals surface area (Å²) >= 11 is 7.17. The molecule has 15 heavy (non-hydrogen) atoms. The molecule has 2 nitrogen and oxygen atoms in total. The molecule has 0 saturated carbocycles. The van der Waals surface area contributed by atoms with E-state index in [1.165, 1.54) is 11.1 Å². The number of benzene rings is 1. The Labute approximate surface area is 98.7 Å². The summed E-state index contributed by atoms with van der Waals surface area (Å²) in [6.45, 7) is 3.10. The van der Waals surface area contributed by atoms with Crippen molar-refractivity contribution in [3.63, 3.8) is 0 Å². The molecule has 0 aliphatic heterocycles. The van der Waals surface area contributed by atoms with Crippen LogP contribution in [-0.4, -0.2) is 21.6 Å². The highest BCUT2D eigenvalue weighted by atomic mass is 32.2. The lowest BCUT2D eigenvalue weighted by atomic mass is 10.2. The van der Waals surface area contributed by atoms with Gasteiger partial charge in [-0.25, -0.2) is 0 Å². The predicted molar refractivity (Wildman–Crippen MR) is 70.2 cm³/mol. The Hall–Kier alpha value is -0.740. The standard InChI is InChI=1S/C11H14N2S2/c1-8-4-3-5-9-10(8)13(6-7-15-2)11(14)12-9/h3-5H,6-7H2,1-2H3,(H,12,14). The molecule has 0 unspecified atom stereocenters. The van der Waals surface area contributed by atoms with E-state index in [2.05, 4.69) is 40.9 Å². The molecule has 1 N–H and O–H groups in total. The number of aryl methyl sites for hydroxylation is 2. The van der Waals surface area contributed by atoms with E-state index in [1.807, 2.05) is 11.8 Å². The lowest BCUT2D eigenvalue weighted by Crippen LogP contribution is -2.00. The summed E-state index contributed by atoms with van der Waals surface area (Å²) in [5, 5.41) is 0. The van der Waals surface area contributed by atoms with Gasteiger partial charge < -0.3 is 9.55 Å². The van der Waals surface area contributed by atoms with Gasteiger partial charge in [-0.1, -0.05) is 12.1 Å². The number of para-hydroxylation sites is 1. The van der Waals surface area contributed by atoms with E-state index in [-0.39, 0.29) is 0 Å². The molecule has 2 aromatic rings. The van der Waals surface area contributed by atoms with Crippen LogP contribution in [0.15, 0.2) is 18.2 Å². The molecule has 0 aliphatic carbocycles. The van der Waals surface area contributed by atoms with Crippen LogP contribution in [0.3, 0.4) is 0 Å². The Morgan fingerprint density at radius 3 is 3.00 bits per heavy atom. The van der Waals surface area contributed by atoms with Gasteiger partial charge in [0.25, 0.3) is 0 Å². The fourth-order valence-electron chi connectivity index (χ4n) is 1.80. The van der Waals surface area contributed by atoms with Gasteiger partial charge in [0.15, 0.2) is 4.77 Å². The van der Waals surface area contributed by atoms with Crippen LogP contribution in [0.25, 0.3) is 11.0 Å². The van der Waals surface area contributed by atoms with Crippen LogP contribution >= 0.6 is 24.0 Å². The number of H-pyrrole nitrogens is 1. The average molecular weight is 238 g/mol. The Kier molecular flexibility index (Phi) is 3.17. The summed E-state index contributed by atoms with van der Waals surface area (Å²) in [6.07, 6.45) is 2.12. The van der Waals surface area contributed by atoms with Gasteiger partial charge in [0.2, 0.25) is 0 Å². The van der Waals surface area contributed by atoms with E-state index in [0.717, 1.165) is 22.6 Å². The number of aromatic nitrogens is 2. The third kappa shape index (κ3) is 1.96. The fraction of sp³-hybridized carbons (Fsp3) is 0.364. The quantitative estimate of drug-likeness (QED) is 0.828. The summed E-state index contributed by atoms with van der Waals surface area (Å²) in [7, 11) is 0. The van der Waals surface area contributed by atoms with Crippen molar-refractivity contribution >= 4 is 35.0 Å². The van der Waals surface area contributed by atoms with Crippen LogP contribution in [0.4, 0.5) is 0 Å². The zero-order valence-corrected chi connectivity index (χ0v) is 10.5. The molecule has 4 heteroatoms. The minimum Gasteiger partial charge on any atom is -0.331 e. The predicted octanol–water partition coefficient (Wildman–Crippen LogP) is 3.37. The number of hydrogen-bond acceptors (Lipinski definition) is 2. The van der Waals surface area contributed by atoms with Gasteiger partial charge in [-0.3, -0.25) is 0 Å². The fourth-order valence-corrected chi connectivity index (χ4v) is 2.46. The van der Waals surface area contributed by atoms with Crippen molar-refractivity contribution in [3.8, 4) is 0 Å². The second-order valence-corrected chi connectivity index (χ2v) is 4.92. The smallest absolute Gasteiger partial charge is 0.178 e. The molecule has 0 saturated heterocycles. The molecule has 0 amide bonds. The number of nitrogens with zero attached hydrogens (tertiary/aromatic N) is 1. The first-order valence-corrected chi connectivity index (χ1v) is 6.71. The van der Waals surface area contributed by atoms with E-state index >= 15 is 0 Å². The van der Waals surface area contributed by atoms with Gasteiger partial charge in [-0.15, -0.1) is 0 Å². The van der Waals surface area contributed by atoms with Crippen LogP contribution in [-0.2, 0) is 6.54 Å². The minimum atomic E-state index is 0.827. The van der Waals surface area contributed by atoms with Crippen LogP contribution in [0.2, 0.25) is 0 Å². The monoisotopic (exact) mass is 238 g/mol. The lowest BCUT2D eigenvalue weighted by Gasteiger charge is -2.04. The third-order valence-corrected chi connectivity index (χ3v) is 3.43. The molecule has 80 valence electrons. The van der Waals surface area contributed by atoms with E-state index in [9.17, 15) is 0 Å². The van der Waals surface area contributed by atoms with Gasteiger partial charge in [0.05, 0.1) is 11.0 Å². The Balaban J connectivity index is 2.61. The third-order valence-electron chi connectivity index (χ3n) is 2.51. The van der Waals surface area contributed by atoms with E-state index < -0.39 is 0 Å². The van der Waals surface area contributed by atoms with Crippen molar-refractivity contribution in [3.05, 3.63) is 28.5 Å². The molecule has 0 radical (unpaired) electrons. The molecule has 1 heterocycles. The normalized spacial score (nSPS) is 11.1. The van der Waals surface area contributed by atoms with Gasteiger partial charge in [0, 0.05) is 12.3 Å². The Morgan fingerprint density at radius 2 is 2.27 bits per heavy atom. The molecular weight excluding hydrogens is 224 g/mol. The van der Waals surface area contributed by atoms with Crippen molar-refractivity contribution in [1.82, 2.24) is 9.55 Å². The van der Waals surface area contributed by atoms with Crippen molar-refractivity contribution in [2.75, 3.05) is 12.0 Å². The first kappa shape index (κ1) is 10.8. The highest BCUT2D eigenvalue weighted by Gasteiger charge is 2.05. The van der Waals surface area contributed by atoms with Crippen LogP contribution < -0.4 is 0 Å². The molecule has 1 aromatic heterocycles. The van der Waals surface area contributed by atoms with Gasteiger partial charge in [-0.05, 0) is 37.0 Å². The number of aromatic amines is 1. The topological polar surface area (TPSA) is 20.7 Å². The highest BCUT2D eigenvalue weighted by Crippen LogP contribution is 2.18.